The van der Waals surface area contributed by atoms with E-state index >= 15 is 0 Å². The van der Waals surface area contributed by atoms with Crippen molar-refractivity contribution < 1.29 is 13.2 Å². The van der Waals surface area contributed by atoms with Gasteiger partial charge in [0.2, 0.25) is 0 Å². The van der Waals surface area contributed by atoms with Gasteiger partial charge in [0.05, 0.1) is 27.3 Å². The number of hydrogen-bond acceptors (Lipinski definition) is 5. The minimum atomic E-state index is -3.74. The molecule has 0 atom stereocenters. The number of para-hydroxylation sites is 1. The number of fused-ring (bicyclic) bond motifs is 2. The van der Waals surface area contributed by atoms with Crippen LogP contribution in [0.1, 0.15) is 27.0 Å². The summed E-state index contributed by atoms with van der Waals surface area (Å²) >= 11 is 1.47. The van der Waals surface area contributed by atoms with Crippen LogP contribution in [0.4, 0.5) is 10.8 Å². The van der Waals surface area contributed by atoms with Gasteiger partial charge in [-0.05, 0) is 72.5 Å². The van der Waals surface area contributed by atoms with Gasteiger partial charge in [-0.2, -0.15) is 0 Å². The molecule has 0 saturated heterocycles. The van der Waals surface area contributed by atoms with E-state index in [2.05, 4.69) is 6.07 Å². The molecule has 0 bridgehead atoms. The summed E-state index contributed by atoms with van der Waals surface area (Å²) in [6.07, 6.45) is 0.683. The maximum atomic E-state index is 13.8. The van der Waals surface area contributed by atoms with Crippen LogP contribution in [0.15, 0.2) is 102 Å². The van der Waals surface area contributed by atoms with E-state index in [0.29, 0.717) is 35.9 Å². The van der Waals surface area contributed by atoms with Gasteiger partial charge in [0.15, 0.2) is 5.13 Å². The molecular formula is C30H25N3O3S2. The Morgan fingerprint density at radius 3 is 2.47 bits per heavy atom. The van der Waals surface area contributed by atoms with Crippen molar-refractivity contribution in [2.24, 2.45) is 0 Å². The summed E-state index contributed by atoms with van der Waals surface area (Å²) in [5, 5.41) is 0.602. The summed E-state index contributed by atoms with van der Waals surface area (Å²) in [5.41, 5.74) is 5.08. The number of aryl methyl sites for hydroxylation is 1. The van der Waals surface area contributed by atoms with Crippen LogP contribution in [0, 0.1) is 6.92 Å². The first-order chi connectivity index (χ1) is 18.4. The zero-order chi connectivity index (χ0) is 26.3. The number of sulfonamides is 1. The van der Waals surface area contributed by atoms with Crippen molar-refractivity contribution in [2.45, 2.75) is 24.8 Å². The van der Waals surface area contributed by atoms with E-state index in [1.54, 1.807) is 17.0 Å². The molecular weight excluding hydrogens is 514 g/mol. The number of nitrogens with zero attached hydrogens (tertiary/aromatic N) is 3. The third kappa shape index (κ3) is 4.46. The highest BCUT2D eigenvalue weighted by atomic mass is 32.2. The van der Waals surface area contributed by atoms with Crippen LogP contribution >= 0.6 is 11.3 Å². The van der Waals surface area contributed by atoms with Crippen molar-refractivity contribution in [2.75, 3.05) is 15.7 Å². The molecule has 0 spiro atoms. The van der Waals surface area contributed by atoms with Crippen LogP contribution < -0.4 is 9.21 Å². The molecule has 1 aromatic heterocycles. The minimum absolute atomic E-state index is 0.163. The molecule has 1 aliphatic heterocycles. The van der Waals surface area contributed by atoms with Crippen LogP contribution in [-0.2, 0) is 23.0 Å². The number of carbonyl (C=O) groups excluding carboxylic acids is 1. The summed E-state index contributed by atoms with van der Waals surface area (Å²) in [5.74, 6) is -0.236. The van der Waals surface area contributed by atoms with Gasteiger partial charge in [-0.15, -0.1) is 0 Å². The number of anilines is 2. The fraction of sp³-hybridized carbons (Fsp3) is 0.133. The molecule has 0 radical (unpaired) electrons. The number of rotatable bonds is 6. The van der Waals surface area contributed by atoms with E-state index in [1.165, 1.54) is 27.8 Å². The molecule has 0 fully saturated rings. The molecule has 0 saturated carbocycles. The highest BCUT2D eigenvalue weighted by Gasteiger charge is 2.31. The van der Waals surface area contributed by atoms with Crippen LogP contribution in [0.3, 0.4) is 0 Å². The fourth-order valence-electron chi connectivity index (χ4n) is 4.74. The summed E-state index contributed by atoms with van der Waals surface area (Å²) < 4.78 is 29.3. The number of hydrogen-bond donors (Lipinski definition) is 0. The molecule has 1 amide bonds. The van der Waals surface area contributed by atoms with Crippen molar-refractivity contribution >= 4 is 48.3 Å². The molecule has 0 unspecified atom stereocenters. The quantitative estimate of drug-likeness (QED) is 0.258. The molecule has 0 aliphatic carbocycles. The normalized spacial score (nSPS) is 13.0. The average molecular weight is 540 g/mol. The van der Waals surface area contributed by atoms with Crippen molar-refractivity contribution in [3.8, 4) is 0 Å². The first-order valence-corrected chi connectivity index (χ1v) is 14.6. The predicted molar refractivity (Wildman–Crippen MR) is 152 cm³/mol. The topological polar surface area (TPSA) is 70.6 Å². The van der Waals surface area contributed by atoms with Gasteiger partial charge >= 0.3 is 0 Å². The Balaban J connectivity index is 1.32. The molecule has 38 heavy (non-hydrogen) atoms. The van der Waals surface area contributed by atoms with Gasteiger partial charge in [0.1, 0.15) is 0 Å². The fourth-order valence-corrected chi connectivity index (χ4v) is 7.30. The first kappa shape index (κ1) is 24.3. The lowest BCUT2D eigenvalue weighted by atomic mass is 10.1. The zero-order valence-electron chi connectivity index (χ0n) is 20.7. The Labute approximate surface area is 225 Å². The van der Waals surface area contributed by atoms with Gasteiger partial charge in [0, 0.05) is 12.1 Å². The second kappa shape index (κ2) is 9.70. The number of aromatic nitrogens is 1. The molecule has 0 N–H and O–H groups in total. The summed E-state index contributed by atoms with van der Waals surface area (Å²) in [4.78, 5) is 20.4. The summed E-state index contributed by atoms with van der Waals surface area (Å²) in [6, 6.07) is 29.6. The second-order valence-corrected chi connectivity index (χ2v) is 12.2. The smallest absolute Gasteiger partial charge is 0.264 e. The Kier molecular flexibility index (Phi) is 6.21. The lowest BCUT2D eigenvalue weighted by Crippen LogP contribution is -2.31. The Bertz CT molecular complexity index is 1750. The number of benzene rings is 4. The van der Waals surface area contributed by atoms with Crippen LogP contribution in [0.2, 0.25) is 0 Å². The molecule has 8 heteroatoms. The van der Waals surface area contributed by atoms with Crippen LogP contribution in [-0.4, -0.2) is 25.9 Å². The lowest BCUT2D eigenvalue weighted by molar-refractivity contribution is 0.0985. The predicted octanol–water partition coefficient (Wildman–Crippen LogP) is 6.20. The van der Waals surface area contributed by atoms with Gasteiger partial charge in [-0.3, -0.25) is 14.0 Å². The SMILES string of the molecule is Cc1ccc2nc(N(Cc3ccccc3)C(=O)c3ccc(S(=O)(=O)N4CCc5ccccc54)cc3)sc2c1. The third-order valence-corrected chi connectivity index (χ3v) is 9.59. The van der Waals surface area contributed by atoms with Gasteiger partial charge in [-0.1, -0.05) is 65.9 Å². The number of carbonyl (C=O) groups is 1. The zero-order valence-corrected chi connectivity index (χ0v) is 22.4. The maximum Gasteiger partial charge on any atom is 0.264 e. The maximum absolute atomic E-state index is 13.8. The number of thiazole rings is 1. The monoisotopic (exact) mass is 539 g/mol. The van der Waals surface area contributed by atoms with E-state index < -0.39 is 10.0 Å². The Morgan fingerprint density at radius 2 is 1.68 bits per heavy atom. The summed E-state index contributed by atoms with van der Waals surface area (Å²) in [7, 11) is -3.74. The van der Waals surface area contributed by atoms with E-state index in [4.69, 9.17) is 4.98 Å². The van der Waals surface area contributed by atoms with E-state index in [-0.39, 0.29) is 10.8 Å². The van der Waals surface area contributed by atoms with Crippen LogP contribution in [0.25, 0.3) is 10.2 Å². The van der Waals surface area contributed by atoms with Crippen LogP contribution in [0.5, 0.6) is 0 Å². The molecule has 5 aromatic rings. The van der Waals surface area contributed by atoms with E-state index in [1.807, 2.05) is 73.7 Å². The van der Waals surface area contributed by atoms with Crippen molar-refractivity contribution in [1.82, 2.24) is 4.98 Å². The first-order valence-electron chi connectivity index (χ1n) is 12.3. The lowest BCUT2D eigenvalue weighted by Gasteiger charge is -2.21. The Morgan fingerprint density at radius 1 is 0.947 bits per heavy atom. The molecule has 4 aromatic carbocycles. The average Bonchev–Trinajstić information content (AvgIpc) is 3.56. The minimum Gasteiger partial charge on any atom is -0.279 e. The number of amides is 1. The molecule has 2 heterocycles. The highest BCUT2D eigenvalue weighted by Crippen LogP contribution is 2.34. The summed E-state index contributed by atoms with van der Waals surface area (Å²) in [6.45, 7) is 2.79. The molecule has 6 rings (SSSR count). The van der Waals surface area contributed by atoms with Gasteiger partial charge in [0.25, 0.3) is 15.9 Å². The van der Waals surface area contributed by atoms with Crippen molar-refractivity contribution in [3.05, 3.63) is 119 Å². The Hall–Kier alpha value is -4.01. The van der Waals surface area contributed by atoms with Gasteiger partial charge in [-0.25, -0.2) is 13.4 Å². The molecule has 190 valence electrons. The van der Waals surface area contributed by atoms with E-state index in [9.17, 15) is 13.2 Å². The standard InChI is InChI=1S/C30H25N3O3S2/c1-21-11-16-26-28(19-21)37-30(31-26)32(20-22-7-3-2-4-8-22)29(34)24-12-14-25(15-13-24)38(35,36)33-18-17-23-9-5-6-10-27(23)33/h2-16,19H,17-18,20H2,1H3. The largest absolute Gasteiger partial charge is 0.279 e. The van der Waals surface area contributed by atoms with E-state index in [0.717, 1.165) is 26.9 Å². The third-order valence-electron chi connectivity index (χ3n) is 6.73. The van der Waals surface area contributed by atoms with Crippen molar-refractivity contribution in [1.29, 1.82) is 0 Å². The van der Waals surface area contributed by atoms with Gasteiger partial charge < -0.3 is 0 Å². The van der Waals surface area contributed by atoms with Crippen molar-refractivity contribution in [3.63, 3.8) is 0 Å². The molecule has 6 nitrogen and oxygen atoms in total. The molecule has 1 aliphatic rings. The highest BCUT2D eigenvalue weighted by molar-refractivity contribution is 7.92. The second-order valence-electron chi connectivity index (χ2n) is 9.32.